The number of aromatic nitrogens is 2. The summed E-state index contributed by atoms with van der Waals surface area (Å²) in [6, 6.07) is 0. The molecule has 0 unspecified atom stereocenters. The van der Waals surface area contributed by atoms with Crippen LogP contribution < -0.4 is 10.6 Å². The Hall–Kier alpha value is -1.36. The summed E-state index contributed by atoms with van der Waals surface area (Å²) in [7, 11) is 0. The van der Waals surface area contributed by atoms with Crippen LogP contribution in [0.2, 0.25) is 0 Å². The van der Waals surface area contributed by atoms with E-state index in [1.165, 1.54) is 0 Å². The monoisotopic (exact) mass is 252 g/mol. The van der Waals surface area contributed by atoms with Crippen molar-refractivity contribution in [3.8, 4) is 0 Å². The predicted molar refractivity (Wildman–Crippen MR) is 75.3 cm³/mol. The highest BCUT2D eigenvalue weighted by atomic mass is 16.5. The highest BCUT2D eigenvalue weighted by Crippen LogP contribution is 2.19. The minimum atomic E-state index is 0.691. The summed E-state index contributed by atoms with van der Waals surface area (Å²) in [5.41, 5.74) is 1.06. The number of ether oxygens (including phenoxy) is 1. The van der Waals surface area contributed by atoms with Gasteiger partial charge in [-0.2, -0.15) is 0 Å². The van der Waals surface area contributed by atoms with Gasteiger partial charge in [0.25, 0.3) is 0 Å². The SMILES string of the molecule is CCCNc1nc(C)nc(NCCOCC)c1C. The van der Waals surface area contributed by atoms with Gasteiger partial charge < -0.3 is 15.4 Å². The molecule has 0 amide bonds. The van der Waals surface area contributed by atoms with Crippen LogP contribution in [0.4, 0.5) is 11.6 Å². The third kappa shape index (κ3) is 4.49. The maximum atomic E-state index is 5.30. The maximum absolute atomic E-state index is 5.30. The van der Waals surface area contributed by atoms with Crippen molar-refractivity contribution in [3.05, 3.63) is 11.4 Å². The zero-order valence-corrected chi connectivity index (χ0v) is 11.8. The topological polar surface area (TPSA) is 59.1 Å². The van der Waals surface area contributed by atoms with Gasteiger partial charge in [-0.3, -0.25) is 0 Å². The first kappa shape index (κ1) is 14.7. The van der Waals surface area contributed by atoms with Crippen molar-refractivity contribution in [1.82, 2.24) is 9.97 Å². The number of hydrogen-bond acceptors (Lipinski definition) is 5. The fraction of sp³-hybridized carbons (Fsp3) is 0.692. The van der Waals surface area contributed by atoms with Gasteiger partial charge in [0.1, 0.15) is 17.5 Å². The average Bonchev–Trinajstić information content (AvgIpc) is 2.36. The first-order valence-electron chi connectivity index (χ1n) is 6.59. The molecule has 0 saturated heterocycles. The molecule has 1 aromatic rings. The molecule has 5 heteroatoms. The quantitative estimate of drug-likeness (QED) is 0.696. The van der Waals surface area contributed by atoms with E-state index in [0.717, 1.165) is 49.1 Å². The summed E-state index contributed by atoms with van der Waals surface area (Å²) in [6.07, 6.45) is 1.08. The summed E-state index contributed by atoms with van der Waals surface area (Å²) in [5.74, 6) is 2.59. The maximum Gasteiger partial charge on any atom is 0.134 e. The number of nitrogens with one attached hydrogen (secondary N) is 2. The van der Waals surface area contributed by atoms with Gasteiger partial charge in [-0.15, -0.1) is 0 Å². The molecule has 0 spiro atoms. The summed E-state index contributed by atoms with van der Waals surface area (Å²) < 4.78 is 5.30. The first-order chi connectivity index (χ1) is 8.69. The van der Waals surface area contributed by atoms with Gasteiger partial charge in [0.05, 0.1) is 6.61 Å². The van der Waals surface area contributed by atoms with E-state index in [1.54, 1.807) is 0 Å². The van der Waals surface area contributed by atoms with Crippen LogP contribution in [-0.2, 0) is 4.74 Å². The van der Waals surface area contributed by atoms with Gasteiger partial charge >= 0.3 is 0 Å². The zero-order valence-electron chi connectivity index (χ0n) is 11.8. The number of nitrogens with zero attached hydrogens (tertiary/aromatic N) is 2. The molecule has 0 fully saturated rings. The minimum absolute atomic E-state index is 0.691. The molecule has 18 heavy (non-hydrogen) atoms. The van der Waals surface area contributed by atoms with E-state index in [1.807, 2.05) is 20.8 Å². The van der Waals surface area contributed by atoms with Gasteiger partial charge in [-0.05, 0) is 27.2 Å². The minimum Gasteiger partial charge on any atom is -0.380 e. The van der Waals surface area contributed by atoms with Gasteiger partial charge in [0.15, 0.2) is 0 Å². The van der Waals surface area contributed by atoms with Gasteiger partial charge in [0.2, 0.25) is 0 Å². The van der Waals surface area contributed by atoms with E-state index in [9.17, 15) is 0 Å². The van der Waals surface area contributed by atoms with Crippen LogP contribution in [-0.4, -0.2) is 36.3 Å². The van der Waals surface area contributed by atoms with Gasteiger partial charge in [0, 0.05) is 25.3 Å². The van der Waals surface area contributed by atoms with E-state index in [2.05, 4.69) is 27.5 Å². The lowest BCUT2D eigenvalue weighted by atomic mass is 10.3. The van der Waals surface area contributed by atoms with Crippen molar-refractivity contribution in [3.63, 3.8) is 0 Å². The molecular formula is C13H24N4O. The van der Waals surface area contributed by atoms with Crippen LogP contribution in [0, 0.1) is 13.8 Å². The van der Waals surface area contributed by atoms with Crippen LogP contribution >= 0.6 is 0 Å². The Labute approximate surface area is 109 Å². The lowest BCUT2D eigenvalue weighted by Gasteiger charge is -2.13. The third-order valence-corrected chi connectivity index (χ3v) is 2.54. The number of rotatable bonds is 8. The van der Waals surface area contributed by atoms with Crippen molar-refractivity contribution < 1.29 is 4.74 Å². The number of aryl methyl sites for hydroxylation is 1. The Bertz CT molecular complexity index is 368. The van der Waals surface area contributed by atoms with Crippen molar-refractivity contribution in [2.75, 3.05) is 36.9 Å². The Kier molecular flexibility index (Phi) is 6.43. The smallest absolute Gasteiger partial charge is 0.134 e. The largest absolute Gasteiger partial charge is 0.380 e. The Morgan fingerprint density at radius 3 is 2.17 bits per heavy atom. The van der Waals surface area contributed by atoms with Crippen molar-refractivity contribution in [1.29, 1.82) is 0 Å². The molecule has 0 aromatic carbocycles. The summed E-state index contributed by atoms with van der Waals surface area (Å²) in [5, 5.41) is 6.61. The van der Waals surface area contributed by atoms with E-state index < -0.39 is 0 Å². The van der Waals surface area contributed by atoms with E-state index in [0.29, 0.717) is 6.61 Å². The van der Waals surface area contributed by atoms with Crippen LogP contribution in [0.1, 0.15) is 31.7 Å². The zero-order chi connectivity index (χ0) is 13.4. The molecule has 5 nitrogen and oxygen atoms in total. The van der Waals surface area contributed by atoms with Crippen LogP contribution in [0.5, 0.6) is 0 Å². The van der Waals surface area contributed by atoms with Crippen molar-refractivity contribution >= 4 is 11.6 Å². The lowest BCUT2D eigenvalue weighted by Crippen LogP contribution is -2.14. The van der Waals surface area contributed by atoms with Crippen molar-refractivity contribution in [2.45, 2.75) is 34.1 Å². The molecule has 2 N–H and O–H groups in total. The summed E-state index contributed by atoms with van der Waals surface area (Å²) in [6.45, 7) is 11.2. The second kappa shape index (κ2) is 7.87. The second-order valence-electron chi connectivity index (χ2n) is 4.14. The Morgan fingerprint density at radius 2 is 1.61 bits per heavy atom. The Morgan fingerprint density at radius 1 is 1.00 bits per heavy atom. The molecule has 0 aliphatic carbocycles. The Balaban J connectivity index is 2.68. The average molecular weight is 252 g/mol. The van der Waals surface area contributed by atoms with E-state index >= 15 is 0 Å². The van der Waals surface area contributed by atoms with Crippen molar-refractivity contribution in [2.24, 2.45) is 0 Å². The second-order valence-corrected chi connectivity index (χ2v) is 4.14. The molecular weight excluding hydrogens is 228 g/mol. The molecule has 1 rings (SSSR count). The highest BCUT2D eigenvalue weighted by molar-refractivity contribution is 5.57. The van der Waals surface area contributed by atoms with E-state index in [-0.39, 0.29) is 0 Å². The number of hydrogen-bond donors (Lipinski definition) is 2. The molecule has 0 atom stereocenters. The molecule has 1 heterocycles. The van der Waals surface area contributed by atoms with Crippen LogP contribution in [0.15, 0.2) is 0 Å². The predicted octanol–water partition coefficient (Wildman–Crippen LogP) is 2.36. The summed E-state index contributed by atoms with van der Waals surface area (Å²) in [4.78, 5) is 8.84. The van der Waals surface area contributed by atoms with Gasteiger partial charge in [-0.25, -0.2) is 9.97 Å². The fourth-order valence-electron chi connectivity index (χ4n) is 1.60. The highest BCUT2D eigenvalue weighted by Gasteiger charge is 2.08. The number of anilines is 2. The van der Waals surface area contributed by atoms with Crippen LogP contribution in [0.3, 0.4) is 0 Å². The third-order valence-electron chi connectivity index (χ3n) is 2.54. The molecule has 102 valence electrons. The molecule has 1 aromatic heterocycles. The lowest BCUT2D eigenvalue weighted by molar-refractivity contribution is 0.158. The standard InChI is InChI=1S/C13H24N4O/c1-5-7-14-12-10(3)13(17-11(4)16-12)15-8-9-18-6-2/h5-9H2,1-4H3,(H2,14,15,16,17). The van der Waals surface area contributed by atoms with E-state index in [4.69, 9.17) is 4.74 Å². The molecule has 0 aliphatic heterocycles. The normalized spacial score (nSPS) is 10.4. The fourth-order valence-corrected chi connectivity index (χ4v) is 1.60. The van der Waals surface area contributed by atoms with Crippen LogP contribution in [0.25, 0.3) is 0 Å². The van der Waals surface area contributed by atoms with Gasteiger partial charge in [-0.1, -0.05) is 6.92 Å². The molecule has 0 saturated carbocycles. The summed E-state index contributed by atoms with van der Waals surface area (Å²) >= 11 is 0. The molecule has 0 radical (unpaired) electrons. The molecule has 0 bridgehead atoms. The first-order valence-corrected chi connectivity index (χ1v) is 6.59. The molecule has 0 aliphatic rings.